The lowest BCUT2D eigenvalue weighted by Gasteiger charge is -2.10. The number of hydrogen-bond donors (Lipinski definition) is 0. The van der Waals surface area contributed by atoms with E-state index in [9.17, 15) is 4.79 Å². The SMILES string of the molecule is CC(C)Cn1ncnc1Cn1cnc(Cl)c(I)c1=O. The Morgan fingerprint density at radius 2 is 2.16 bits per heavy atom. The summed E-state index contributed by atoms with van der Waals surface area (Å²) in [6.07, 6.45) is 2.93. The van der Waals surface area contributed by atoms with E-state index in [1.54, 1.807) is 4.68 Å². The van der Waals surface area contributed by atoms with E-state index in [0.717, 1.165) is 12.4 Å². The van der Waals surface area contributed by atoms with Crippen molar-refractivity contribution in [3.8, 4) is 0 Å². The molecule has 0 saturated heterocycles. The first kappa shape index (κ1) is 14.4. The lowest BCUT2D eigenvalue weighted by atomic mass is 10.2. The molecule has 0 radical (unpaired) electrons. The minimum absolute atomic E-state index is 0.167. The molecule has 6 nitrogen and oxygen atoms in total. The van der Waals surface area contributed by atoms with Gasteiger partial charge in [0.2, 0.25) is 0 Å². The van der Waals surface area contributed by atoms with Crippen LogP contribution in [0.1, 0.15) is 19.7 Å². The molecule has 0 N–H and O–H groups in total. The molecule has 0 amide bonds. The Balaban J connectivity index is 2.30. The fraction of sp³-hybridized carbons (Fsp3) is 0.455. The molecule has 2 aromatic rings. The number of halogens is 2. The maximum atomic E-state index is 12.0. The van der Waals surface area contributed by atoms with Gasteiger partial charge in [0.1, 0.15) is 20.9 Å². The highest BCUT2D eigenvalue weighted by molar-refractivity contribution is 14.1. The molecule has 0 aliphatic carbocycles. The second-order valence-electron chi connectivity index (χ2n) is 4.53. The minimum Gasteiger partial charge on any atom is -0.291 e. The Kier molecular flexibility index (Phi) is 4.56. The third-order valence-electron chi connectivity index (χ3n) is 2.49. The van der Waals surface area contributed by atoms with Crippen LogP contribution in [0.4, 0.5) is 0 Å². The summed E-state index contributed by atoms with van der Waals surface area (Å²) < 4.78 is 3.70. The second-order valence-corrected chi connectivity index (χ2v) is 5.97. The summed E-state index contributed by atoms with van der Waals surface area (Å²) in [6, 6.07) is 0. The van der Waals surface area contributed by atoms with Gasteiger partial charge in [-0.2, -0.15) is 5.10 Å². The summed E-state index contributed by atoms with van der Waals surface area (Å²) in [7, 11) is 0. The largest absolute Gasteiger partial charge is 0.291 e. The van der Waals surface area contributed by atoms with Crippen LogP contribution in [0.25, 0.3) is 0 Å². The Morgan fingerprint density at radius 3 is 2.84 bits per heavy atom. The van der Waals surface area contributed by atoms with Crippen LogP contribution in [0.5, 0.6) is 0 Å². The van der Waals surface area contributed by atoms with Crippen molar-refractivity contribution in [1.82, 2.24) is 24.3 Å². The molecule has 19 heavy (non-hydrogen) atoms. The number of hydrogen-bond acceptors (Lipinski definition) is 4. The monoisotopic (exact) mass is 393 g/mol. The number of nitrogens with zero attached hydrogens (tertiary/aromatic N) is 5. The van der Waals surface area contributed by atoms with Crippen molar-refractivity contribution in [1.29, 1.82) is 0 Å². The molecule has 2 heterocycles. The molecule has 0 bridgehead atoms. The van der Waals surface area contributed by atoms with Gasteiger partial charge in [-0.3, -0.25) is 9.36 Å². The van der Waals surface area contributed by atoms with E-state index >= 15 is 0 Å². The van der Waals surface area contributed by atoms with Crippen LogP contribution in [0, 0.1) is 9.49 Å². The van der Waals surface area contributed by atoms with Gasteiger partial charge in [0.05, 0.1) is 12.9 Å². The normalized spacial score (nSPS) is 11.2. The quantitative estimate of drug-likeness (QED) is 0.587. The lowest BCUT2D eigenvalue weighted by molar-refractivity contribution is 0.459. The maximum Gasteiger partial charge on any atom is 0.268 e. The van der Waals surface area contributed by atoms with E-state index in [-0.39, 0.29) is 10.7 Å². The zero-order valence-electron chi connectivity index (χ0n) is 10.5. The highest BCUT2D eigenvalue weighted by Gasteiger charge is 2.11. The fourth-order valence-electron chi connectivity index (χ4n) is 1.62. The van der Waals surface area contributed by atoms with Crippen molar-refractivity contribution in [2.45, 2.75) is 26.9 Å². The Labute approximate surface area is 129 Å². The first-order valence-corrected chi connectivity index (χ1v) is 7.21. The Hall–Kier alpha value is -0.960. The number of aromatic nitrogens is 5. The molecule has 0 unspecified atom stereocenters. The van der Waals surface area contributed by atoms with Crippen molar-refractivity contribution in [3.05, 3.63) is 37.6 Å². The zero-order valence-corrected chi connectivity index (χ0v) is 13.5. The predicted molar refractivity (Wildman–Crippen MR) is 80.2 cm³/mol. The molecule has 0 aliphatic heterocycles. The van der Waals surface area contributed by atoms with Gasteiger partial charge >= 0.3 is 0 Å². The number of rotatable bonds is 4. The molecule has 2 aromatic heterocycles. The molecule has 0 aromatic carbocycles. The van der Waals surface area contributed by atoms with E-state index in [4.69, 9.17) is 11.6 Å². The van der Waals surface area contributed by atoms with Crippen molar-refractivity contribution in [2.24, 2.45) is 5.92 Å². The summed E-state index contributed by atoms with van der Waals surface area (Å²) in [6.45, 7) is 5.31. The van der Waals surface area contributed by atoms with E-state index in [1.807, 2.05) is 22.6 Å². The van der Waals surface area contributed by atoms with Crippen molar-refractivity contribution < 1.29 is 0 Å². The molecule has 0 aliphatic rings. The van der Waals surface area contributed by atoms with Crippen LogP contribution in [0.3, 0.4) is 0 Å². The van der Waals surface area contributed by atoms with Crippen molar-refractivity contribution >= 4 is 34.2 Å². The minimum atomic E-state index is -0.167. The standard InChI is InChI=1S/C11H13ClIN5O/c1-7(2)3-18-8(14-5-16-18)4-17-6-15-10(12)9(13)11(17)19/h5-7H,3-4H2,1-2H3. The molecule has 8 heteroatoms. The summed E-state index contributed by atoms with van der Waals surface area (Å²) in [5, 5.41) is 4.39. The van der Waals surface area contributed by atoms with Gasteiger partial charge in [-0.05, 0) is 28.5 Å². The van der Waals surface area contributed by atoms with Gasteiger partial charge in [-0.25, -0.2) is 14.6 Å². The van der Waals surface area contributed by atoms with Crippen LogP contribution >= 0.6 is 34.2 Å². The highest BCUT2D eigenvalue weighted by atomic mass is 127. The summed E-state index contributed by atoms with van der Waals surface area (Å²) in [5.74, 6) is 1.19. The predicted octanol–water partition coefficient (Wildman–Crippen LogP) is 1.80. The summed E-state index contributed by atoms with van der Waals surface area (Å²) in [5.41, 5.74) is -0.167. The smallest absolute Gasteiger partial charge is 0.268 e. The topological polar surface area (TPSA) is 65.6 Å². The molecule has 0 fully saturated rings. The highest BCUT2D eigenvalue weighted by Crippen LogP contribution is 2.10. The molecular formula is C11H13ClIN5O. The molecule has 0 atom stereocenters. The molecular weight excluding hydrogens is 381 g/mol. The van der Waals surface area contributed by atoms with Crippen molar-refractivity contribution in [2.75, 3.05) is 0 Å². The Morgan fingerprint density at radius 1 is 1.42 bits per heavy atom. The fourth-order valence-corrected chi connectivity index (χ4v) is 2.19. The van der Waals surface area contributed by atoms with E-state index in [0.29, 0.717) is 16.0 Å². The average Bonchev–Trinajstić information content (AvgIpc) is 2.77. The van der Waals surface area contributed by atoms with Gasteiger partial charge in [-0.15, -0.1) is 0 Å². The van der Waals surface area contributed by atoms with Crippen LogP contribution < -0.4 is 5.56 Å². The van der Waals surface area contributed by atoms with Gasteiger partial charge in [0.25, 0.3) is 5.56 Å². The van der Waals surface area contributed by atoms with Crippen LogP contribution in [0.2, 0.25) is 5.15 Å². The van der Waals surface area contributed by atoms with E-state index in [2.05, 4.69) is 28.9 Å². The third-order valence-corrected chi connectivity index (χ3v) is 4.06. The van der Waals surface area contributed by atoms with Gasteiger partial charge in [-0.1, -0.05) is 25.4 Å². The first-order chi connectivity index (χ1) is 8.99. The van der Waals surface area contributed by atoms with Crippen molar-refractivity contribution in [3.63, 3.8) is 0 Å². The molecule has 102 valence electrons. The first-order valence-electron chi connectivity index (χ1n) is 5.76. The summed E-state index contributed by atoms with van der Waals surface area (Å²) in [4.78, 5) is 20.2. The summed E-state index contributed by atoms with van der Waals surface area (Å²) >= 11 is 7.70. The van der Waals surface area contributed by atoms with Crippen LogP contribution in [0.15, 0.2) is 17.4 Å². The van der Waals surface area contributed by atoms with E-state index < -0.39 is 0 Å². The lowest BCUT2D eigenvalue weighted by Crippen LogP contribution is -2.25. The van der Waals surface area contributed by atoms with Gasteiger partial charge in [0.15, 0.2) is 0 Å². The van der Waals surface area contributed by atoms with Gasteiger partial charge < -0.3 is 0 Å². The van der Waals surface area contributed by atoms with Crippen LogP contribution in [-0.4, -0.2) is 24.3 Å². The second kappa shape index (κ2) is 6.00. The molecule has 0 saturated carbocycles. The van der Waals surface area contributed by atoms with Crippen LogP contribution in [-0.2, 0) is 13.1 Å². The zero-order chi connectivity index (χ0) is 14.0. The molecule has 0 spiro atoms. The Bertz CT molecular complexity index is 636. The molecule has 2 rings (SSSR count). The van der Waals surface area contributed by atoms with E-state index in [1.165, 1.54) is 17.2 Å². The maximum absolute atomic E-state index is 12.0. The van der Waals surface area contributed by atoms with Gasteiger partial charge in [0, 0.05) is 6.54 Å². The third kappa shape index (κ3) is 3.33. The average molecular weight is 394 g/mol.